The number of hydrogen-bond donors (Lipinski definition) is 1. The summed E-state index contributed by atoms with van der Waals surface area (Å²) in [7, 11) is 1.76. The summed E-state index contributed by atoms with van der Waals surface area (Å²) in [5.74, 6) is 0. The Labute approximate surface area is 179 Å². The quantitative estimate of drug-likeness (QED) is 0.468. The van der Waals surface area contributed by atoms with Gasteiger partial charge in [-0.05, 0) is 76.4 Å². The van der Waals surface area contributed by atoms with Gasteiger partial charge in [0.2, 0.25) is 0 Å². The third kappa shape index (κ3) is 4.01. The maximum atomic E-state index is 13.0. The number of hydrogen-bond acceptors (Lipinski definition) is 3. The normalized spacial score (nSPS) is 10.6. The highest BCUT2D eigenvalue weighted by Gasteiger charge is 2.14. The molecule has 4 nitrogen and oxygen atoms in total. The maximum absolute atomic E-state index is 13.0. The molecule has 26 heavy (non-hydrogen) atoms. The van der Waals surface area contributed by atoms with Crippen LogP contribution in [0.25, 0.3) is 22.6 Å². The van der Waals surface area contributed by atoms with Crippen LogP contribution in [0.5, 0.6) is 0 Å². The zero-order valence-corrected chi connectivity index (χ0v) is 18.7. The van der Waals surface area contributed by atoms with Crippen molar-refractivity contribution in [1.82, 2.24) is 15.1 Å². The van der Waals surface area contributed by atoms with Crippen molar-refractivity contribution in [3.05, 3.63) is 83.7 Å². The molecular formula is C20H17I2N3O. The van der Waals surface area contributed by atoms with Crippen LogP contribution in [-0.2, 0) is 0 Å². The van der Waals surface area contributed by atoms with Crippen molar-refractivity contribution in [1.29, 1.82) is 0 Å². The molecule has 1 N–H and O–H groups in total. The van der Waals surface area contributed by atoms with Gasteiger partial charge >= 0.3 is 0 Å². The van der Waals surface area contributed by atoms with Crippen molar-refractivity contribution in [2.75, 3.05) is 7.05 Å². The van der Waals surface area contributed by atoms with E-state index >= 15 is 0 Å². The first kappa shape index (κ1) is 19.1. The lowest BCUT2D eigenvalue weighted by atomic mass is 10.1. The van der Waals surface area contributed by atoms with E-state index in [4.69, 9.17) is 0 Å². The lowest BCUT2D eigenvalue weighted by Crippen LogP contribution is -2.27. The Morgan fingerprint density at radius 2 is 1.69 bits per heavy atom. The highest BCUT2D eigenvalue weighted by molar-refractivity contribution is 14.1. The fraction of sp³-hybridized carbons (Fsp3) is 0.100. The average molecular weight is 569 g/mol. The van der Waals surface area contributed by atoms with Crippen LogP contribution in [0.4, 0.5) is 0 Å². The summed E-state index contributed by atoms with van der Waals surface area (Å²) in [5, 5.41) is 7.60. The molecule has 0 saturated carbocycles. The van der Waals surface area contributed by atoms with Crippen LogP contribution >= 0.6 is 45.2 Å². The smallest absolute Gasteiger partial charge is 0.280 e. The zero-order valence-electron chi connectivity index (χ0n) is 14.4. The first-order chi connectivity index (χ1) is 12.4. The van der Waals surface area contributed by atoms with Gasteiger partial charge in [-0.2, -0.15) is 9.78 Å². The molecule has 0 aliphatic carbocycles. The monoisotopic (exact) mass is 569 g/mol. The number of aryl methyl sites for hydroxylation is 1. The summed E-state index contributed by atoms with van der Waals surface area (Å²) in [4.78, 5) is 13.0. The highest BCUT2D eigenvalue weighted by Crippen LogP contribution is 2.21. The van der Waals surface area contributed by atoms with Gasteiger partial charge in [-0.15, -0.1) is 0 Å². The summed E-state index contributed by atoms with van der Waals surface area (Å²) in [6, 6.07) is 15.8. The van der Waals surface area contributed by atoms with Gasteiger partial charge in [0.25, 0.3) is 5.56 Å². The molecule has 0 unspecified atom stereocenters. The van der Waals surface area contributed by atoms with Crippen molar-refractivity contribution in [2.24, 2.45) is 0 Å². The lowest BCUT2D eigenvalue weighted by Gasteiger charge is -2.13. The number of benzene rings is 2. The summed E-state index contributed by atoms with van der Waals surface area (Å²) < 4.78 is 3.55. The van der Waals surface area contributed by atoms with E-state index in [2.05, 4.69) is 62.2 Å². The van der Waals surface area contributed by atoms with E-state index in [-0.39, 0.29) is 5.56 Å². The van der Waals surface area contributed by atoms with Crippen molar-refractivity contribution in [3.8, 4) is 16.9 Å². The van der Waals surface area contributed by atoms with E-state index in [9.17, 15) is 4.79 Å². The van der Waals surface area contributed by atoms with Gasteiger partial charge < -0.3 is 5.32 Å². The molecule has 1 aromatic heterocycles. The first-order valence-electron chi connectivity index (χ1n) is 7.94. The van der Waals surface area contributed by atoms with Gasteiger partial charge in [0.05, 0.1) is 16.9 Å². The van der Waals surface area contributed by atoms with Crippen LogP contribution in [0.1, 0.15) is 11.1 Å². The van der Waals surface area contributed by atoms with Crippen LogP contribution in [0.15, 0.2) is 59.9 Å². The third-order valence-corrected chi connectivity index (χ3v) is 5.22. The molecule has 0 aliphatic rings. The predicted octanol–water partition coefficient (Wildman–Crippen LogP) is 4.61. The second-order valence-electron chi connectivity index (χ2n) is 5.88. The fourth-order valence-corrected chi connectivity index (χ4v) is 4.45. The van der Waals surface area contributed by atoms with E-state index in [0.717, 1.165) is 24.1 Å². The van der Waals surface area contributed by atoms with Crippen LogP contribution in [-0.4, -0.2) is 16.8 Å². The van der Waals surface area contributed by atoms with Crippen molar-refractivity contribution < 1.29 is 0 Å². The molecule has 0 bridgehead atoms. The van der Waals surface area contributed by atoms with E-state index in [0.29, 0.717) is 11.3 Å². The van der Waals surface area contributed by atoms with Crippen LogP contribution in [0, 0.1) is 14.1 Å². The Morgan fingerprint density at radius 3 is 2.27 bits per heavy atom. The molecule has 0 fully saturated rings. The Balaban J connectivity index is 2.29. The van der Waals surface area contributed by atoms with Gasteiger partial charge in [0.15, 0.2) is 0 Å². The highest BCUT2D eigenvalue weighted by atomic mass is 127. The van der Waals surface area contributed by atoms with Crippen LogP contribution < -0.4 is 10.9 Å². The molecule has 0 saturated heterocycles. The molecule has 0 radical (unpaired) electrons. The van der Waals surface area contributed by atoms with E-state index < -0.39 is 0 Å². The summed E-state index contributed by atoms with van der Waals surface area (Å²) in [6.07, 6.45) is 0. The van der Waals surface area contributed by atoms with Gasteiger partial charge in [-0.3, -0.25) is 4.79 Å². The van der Waals surface area contributed by atoms with Gasteiger partial charge in [-0.1, -0.05) is 36.4 Å². The molecule has 2 aromatic carbocycles. The van der Waals surface area contributed by atoms with Crippen molar-refractivity contribution in [3.63, 3.8) is 0 Å². The standard InChI is InChI=1S/C20H17I2N3O/c1-12-4-6-14(7-5-12)19-11-18(13(2)23-3)20(26)25(24-19)17-9-15(21)8-16(22)10-17/h4-11,23H,2H2,1,3H3. The van der Waals surface area contributed by atoms with Crippen LogP contribution in [0.2, 0.25) is 0 Å². The Hall–Kier alpha value is -1.68. The fourth-order valence-electron chi connectivity index (χ4n) is 2.55. The second-order valence-corrected chi connectivity index (χ2v) is 8.37. The molecule has 3 aromatic rings. The molecule has 6 heteroatoms. The molecule has 0 atom stereocenters. The zero-order chi connectivity index (χ0) is 18.8. The van der Waals surface area contributed by atoms with E-state index in [1.165, 1.54) is 10.2 Å². The molecule has 3 rings (SSSR count). The van der Waals surface area contributed by atoms with E-state index in [1.807, 2.05) is 49.4 Å². The summed E-state index contributed by atoms with van der Waals surface area (Å²) >= 11 is 4.49. The minimum absolute atomic E-state index is 0.196. The topological polar surface area (TPSA) is 46.9 Å². The molecule has 1 heterocycles. The van der Waals surface area contributed by atoms with Crippen molar-refractivity contribution in [2.45, 2.75) is 6.92 Å². The van der Waals surface area contributed by atoms with Gasteiger partial charge in [0, 0.05) is 25.4 Å². The molecule has 132 valence electrons. The third-order valence-electron chi connectivity index (χ3n) is 3.98. The predicted molar refractivity (Wildman–Crippen MR) is 124 cm³/mol. The second kappa shape index (κ2) is 7.91. The summed E-state index contributed by atoms with van der Waals surface area (Å²) in [5.41, 5.74) is 4.48. The number of aromatic nitrogens is 2. The number of nitrogens with zero attached hydrogens (tertiary/aromatic N) is 2. The Morgan fingerprint density at radius 1 is 1.08 bits per heavy atom. The minimum atomic E-state index is -0.196. The van der Waals surface area contributed by atoms with Gasteiger partial charge in [0.1, 0.15) is 0 Å². The minimum Gasteiger partial charge on any atom is -0.388 e. The first-order valence-corrected chi connectivity index (χ1v) is 10.1. The van der Waals surface area contributed by atoms with Crippen LogP contribution in [0.3, 0.4) is 0 Å². The molecule has 0 amide bonds. The Kier molecular flexibility index (Phi) is 5.81. The van der Waals surface area contributed by atoms with E-state index in [1.54, 1.807) is 13.1 Å². The lowest BCUT2D eigenvalue weighted by molar-refractivity contribution is 0.805. The molecule has 0 spiro atoms. The largest absolute Gasteiger partial charge is 0.388 e. The van der Waals surface area contributed by atoms with Gasteiger partial charge in [-0.25, -0.2) is 0 Å². The number of nitrogens with one attached hydrogen (secondary N) is 1. The number of halogens is 2. The summed E-state index contributed by atoms with van der Waals surface area (Å²) in [6.45, 7) is 6.01. The SMILES string of the molecule is C=C(NC)c1cc(-c2ccc(C)cc2)nn(-c2cc(I)cc(I)c2)c1=O. The maximum Gasteiger partial charge on any atom is 0.280 e. The van der Waals surface area contributed by atoms with Crippen molar-refractivity contribution >= 4 is 50.9 Å². The molecule has 0 aliphatic heterocycles. The Bertz CT molecular complexity index is 1020. The molecular weight excluding hydrogens is 552 g/mol. The average Bonchev–Trinajstić information content (AvgIpc) is 2.61. The number of rotatable bonds is 4.